The lowest BCUT2D eigenvalue weighted by molar-refractivity contribution is 0.0713. The van der Waals surface area contributed by atoms with Crippen molar-refractivity contribution in [2.45, 2.75) is 32.1 Å². The van der Waals surface area contributed by atoms with Crippen LogP contribution in [0.4, 0.5) is 11.4 Å². The first-order valence-corrected chi connectivity index (χ1v) is 14.5. The van der Waals surface area contributed by atoms with E-state index in [1.54, 1.807) is 49.4 Å². The molecule has 38 heavy (non-hydrogen) atoms. The Bertz CT molecular complexity index is 1370. The summed E-state index contributed by atoms with van der Waals surface area (Å²) in [5.74, 6) is -0.115. The fraction of sp³-hybridized carbons (Fsp3) is 0.310. The van der Waals surface area contributed by atoms with Crippen LogP contribution in [0.15, 0.2) is 72.8 Å². The molecule has 0 bridgehead atoms. The van der Waals surface area contributed by atoms with Crippen LogP contribution in [0.3, 0.4) is 0 Å². The van der Waals surface area contributed by atoms with Crippen molar-refractivity contribution < 1.29 is 18.0 Å². The second-order valence-electron chi connectivity index (χ2n) is 9.66. The zero-order valence-corrected chi connectivity index (χ0v) is 22.3. The predicted molar refractivity (Wildman–Crippen MR) is 151 cm³/mol. The van der Waals surface area contributed by atoms with Crippen LogP contribution in [0.25, 0.3) is 0 Å². The zero-order valence-electron chi connectivity index (χ0n) is 21.5. The number of benzene rings is 3. The predicted octanol–water partition coefficient (Wildman–Crippen LogP) is 4.16. The van der Waals surface area contributed by atoms with E-state index in [9.17, 15) is 18.0 Å². The number of piperidine rings is 1. The molecule has 0 aromatic heterocycles. The quantitative estimate of drug-likeness (QED) is 0.281. The van der Waals surface area contributed by atoms with Crippen molar-refractivity contribution in [1.29, 1.82) is 0 Å². The number of amides is 2. The number of nitrogens with two attached hydrogens (primary N) is 1. The number of hydrogen-bond acceptors (Lipinski definition) is 5. The molecular formula is C29H34N4O4S. The minimum Gasteiger partial charge on any atom is -0.399 e. The normalized spacial score (nSPS) is 14.2. The van der Waals surface area contributed by atoms with E-state index >= 15 is 0 Å². The van der Waals surface area contributed by atoms with E-state index in [2.05, 4.69) is 10.0 Å². The number of likely N-dealkylation sites (tertiary alicyclic amines) is 1. The maximum absolute atomic E-state index is 13.2. The molecule has 0 saturated carbocycles. The van der Waals surface area contributed by atoms with Crippen molar-refractivity contribution in [3.05, 3.63) is 95.1 Å². The molecule has 1 aliphatic heterocycles. The largest absolute Gasteiger partial charge is 0.399 e. The molecule has 0 aliphatic carbocycles. The molecule has 0 spiro atoms. The molecule has 4 rings (SSSR count). The van der Waals surface area contributed by atoms with Crippen molar-refractivity contribution in [3.63, 3.8) is 0 Å². The summed E-state index contributed by atoms with van der Waals surface area (Å²) in [5.41, 5.74) is 9.86. The first kappa shape index (κ1) is 27.2. The molecule has 0 unspecified atom stereocenters. The van der Waals surface area contributed by atoms with Gasteiger partial charge < -0.3 is 16.0 Å². The summed E-state index contributed by atoms with van der Waals surface area (Å²) < 4.78 is 28.0. The van der Waals surface area contributed by atoms with Crippen LogP contribution in [0.2, 0.25) is 0 Å². The molecule has 3 aromatic carbocycles. The lowest BCUT2D eigenvalue weighted by Gasteiger charge is -2.32. The number of nitrogens with one attached hydrogen (secondary N) is 2. The third kappa shape index (κ3) is 7.13. The topological polar surface area (TPSA) is 122 Å². The van der Waals surface area contributed by atoms with Crippen molar-refractivity contribution in [2.24, 2.45) is 0 Å². The van der Waals surface area contributed by atoms with Gasteiger partial charge in [0.05, 0.1) is 11.4 Å². The summed E-state index contributed by atoms with van der Waals surface area (Å²) in [5, 5.41) is 2.74. The van der Waals surface area contributed by atoms with Crippen molar-refractivity contribution in [3.8, 4) is 0 Å². The molecule has 8 nitrogen and oxygen atoms in total. The molecule has 1 heterocycles. The van der Waals surface area contributed by atoms with E-state index in [1.165, 1.54) is 5.56 Å². The summed E-state index contributed by atoms with van der Waals surface area (Å²) in [6.07, 6.45) is 1.98. The molecule has 1 aliphatic rings. The fourth-order valence-electron chi connectivity index (χ4n) is 4.61. The van der Waals surface area contributed by atoms with Crippen LogP contribution >= 0.6 is 0 Å². The van der Waals surface area contributed by atoms with Gasteiger partial charge in [0.25, 0.3) is 11.8 Å². The Hall–Kier alpha value is -3.85. The average Bonchev–Trinajstić information content (AvgIpc) is 2.93. The van der Waals surface area contributed by atoms with Crippen molar-refractivity contribution in [1.82, 2.24) is 10.2 Å². The highest BCUT2D eigenvalue weighted by molar-refractivity contribution is 7.92. The SMILES string of the molecule is Cc1ccc(C(=O)N2CCC(c3ccc(N)cc3)CC2)cc1NS(=O)(=O)CCCNC(=O)c1ccccc1. The number of aryl methyl sites for hydroxylation is 1. The summed E-state index contributed by atoms with van der Waals surface area (Å²) in [7, 11) is -3.66. The molecular weight excluding hydrogens is 500 g/mol. The molecule has 1 saturated heterocycles. The van der Waals surface area contributed by atoms with Crippen LogP contribution in [0.5, 0.6) is 0 Å². The molecule has 2 amide bonds. The number of rotatable bonds is 9. The van der Waals surface area contributed by atoms with E-state index in [-0.39, 0.29) is 30.5 Å². The van der Waals surface area contributed by atoms with Gasteiger partial charge in [0, 0.05) is 36.4 Å². The van der Waals surface area contributed by atoms with Crippen LogP contribution < -0.4 is 15.8 Å². The molecule has 9 heteroatoms. The van der Waals surface area contributed by atoms with Gasteiger partial charge in [-0.3, -0.25) is 14.3 Å². The van der Waals surface area contributed by atoms with Crippen LogP contribution in [0.1, 0.15) is 57.0 Å². The first-order chi connectivity index (χ1) is 18.2. The number of sulfonamides is 1. The van der Waals surface area contributed by atoms with Gasteiger partial charge in [-0.1, -0.05) is 36.4 Å². The maximum atomic E-state index is 13.2. The summed E-state index contributed by atoms with van der Waals surface area (Å²) in [6.45, 7) is 3.30. The molecule has 1 fully saturated rings. The van der Waals surface area contributed by atoms with Crippen LogP contribution in [0, 0.1) is 6.92 Å². The smallest absolute Gasteiger partial charge is 0.253 e. The highest BCUT2D eigenvalue weighted by Crippen LogP contribution is 2.29. The van der Waals surface area contributed by atoms with E-state index in [4.69, 9.17) is 5.73 Å². The Balaban J connectivity index is 1.30. The van der Waals surface area contributed by atoms with E-state index in [1.807, 2.05) is 35.2 Å². The standard InChI is InChI=1S/C29H34N4O4S/c1-21-8-9-25(29(35)33-17-14-23(15-18-33)22-10-12-26(30)13-11-22)20-27(21)32-38(36,37)19-5-16-31-28(34)24-6-3-2-4-7-24/h2-4,6-13,20,23,32H,5,14-19,30H2,1H3,(H,31,34). The molecule has 3 aromatic rings. The first-order valence-electron chi connectivity index (χ1n) is 12.8. The van der Waals surface area contributed by atoms with E-state index < -0.39 is 10.0 Å². The number of hydrogen-bond donors (Lipinski definition) is 3. The Morgan fingerprint density at radius 3 is 2.32 bits per heavy atom. The zero-order chi connectivity index (χ0) is 27.1. The minimum absolute atomic E-state index is 0.107. The monoisotopic (exact) mass is 534 g/mol. The summed E-state index contributed by atoms with van der Waals surface area (Å²) in [6, 6.07) is 21.8. The van der Waals surface area contributed by atoms with Gasteiger partial charge >= 0.3 is 0 Å². The van der Waals surface area contributed by atoms with Crippen LogP contribution in [-0.2, 0) is 10.0 Å². The second kappa shape index (κ2) is 12.1. The molecule has 200 valence electrons. The second-order valence-corrected chi connectivity index (χ2v) is 11.5. The number of anilines is 2. The fourth-order valence-corrected chi connectivity index (χ4v) is 5.79. The lowest BCUT2D eigenvalue weighted by atomic mass is 9.89. The summed E-state index contributed by atoms with van der Waals surface area (Å²) >= 11 is 0. The number of carbonyl (C=O) groups is 2. The van der Waals surface area contributed by atoms with Crippen molar-refractivity contribution >= 4 is 33.2 Å². The van der Waals surface area contributed by atoms with Gasteiger partial charge in [-0.25, -0.2) is 8.42 Å². The Kier molecular flexibility index (Phi) is 8.68. The summed E-state index contributed by atoms with van der Waals surface area (Å²) in [4.78, 5) is 27.1. The molecule has 0 atom stereocenters. The Labute approximate surface area is 224 Å². The lowest BCUT2D eigenvalue weighted by Crippen LogP contribution is -2.38. The molecule has 0 radical (unpaired) electrons. The Morgan fingerprint density at radius 2 is 1.63 bits per heavy atom. The highest BCUT2D eigenvalue weighted by Gasteiger charge is 2.25. The van der Waals surface area contributed by atoms with Gasteiger partial charge in [0.2, 0.25) is 10.0 Å². The van der Waals surface area contributed by atoms with Gasteiger partial charge in [0.15, 0.2) is 0 Å². The number of nitrogen functional groups attached to an aromatic ring is 1. The Morgan fingerprint density at radius 1 is 0.947 bits per heavy atom. The average molecular weight is 535 g/mol. The third-order valence-corrected chi connectivity index (χ3v) is 8.21. The number of nitrogens with zero attached hydrogens (tertiary/aromatic N) is 1. The van der Waals surface area contributed by atoms with E-state index in [0.29, 0.717) is 35.8 Å². The molecule has 4 N–H and O–H groups in total. The van der Waals surface area contributed by atoms with Gasteiger partial charge in [-0.05, 0) is 79.6 Å². The van der Waals surface area contributed by atoms with E-state index in [0.717, 1.165) is 24.1 Å². The van der Waals surface area contributed by atoms with Crippen LogP contribution in [-0.4, -0.2) is 50.5 Å². The van der Waals surface area contributed by atoms with Crippen molar-refractivity contribution in [2.75, 3.05) is 35.8 Å². The highest BCUT2D eigenvalue weighted by atomic mass is 32.2. The van der Waals surface area contributed by atoms with Gasteiger partial charge in [-0.2, -0.15) is 0 Å². The van der Waals surface area contributed by atoms with Gasteiger partial charge in [-0.15, -0.1) is 0 Å². The maximum Gasteiger partial charge on any atom is 0.253 e. The number of carbonyl (C=O) groups excluding carboxylic acids is 2. The third-order valence-electron chi connectivity index (χ3n) is 6.85. The van der Waals surface area contributed by atoms with Gasteiger partial charge in [0.1, 0.15) is 0 Å². The minimum atomic E-state index is -3.66.